The van der Waals surface area contributed by atoms with Crippen LogP contribution >= 0.6 is 0 Å². The fourth-order valence-corrected chi connectivity index (χ4v) is 4.10. The van der Waals surface area contributed by atoms with Gasteiger partial charge in [-0.2, -0.15) is 0 Å². The second kappa shape index (κ2) is 8.06. The van der Waals surface area contributed by atoms with Gasteiger partial charge in [-0.15, -0.1) is 0 Å². The molecule has 0 unspecified atom stereocenters. The lowest BCUT2D eigenvalue weighted by Crippen LogP contribution is -2.28. The van der Waals surface area contributed by atoms with Crippen LogP contribution in [0.3, 0.4) is 0 Å². The molecular weight excluding hydrogens is 394 g/mol. The first-order chi connectivity index (χ1) is 14.7. The molecule has 0 bridgehead atoms. The third-order valence-corrected chi connectivity index (χ3v) is 5.33. The molecule has 0 fully saturated rings. The van der Waals surface area contributed by atoms with E-state index in [9.17, 15) is 14.4 Å². The first-order valence-electron chi connectivity index (χ1n) is 10.6. The highest BCUT2D eigenvalue weighted by atomic mass is 16.6. The van der Waals surface area contributed by atoms with E-state index < -0.39 is 11.7 Å². The Bertz CT molecular complexity index is 1060. The molecule has 2 aliphatic rings. The lowest BCUT2D eigenvalue weighted by atomic mass is 9.89. The Balaban J connectivity index is 1.72. The van der Waals surface area contributed by atoms with Gasteiger partial charge in [-0.3, -0.25) is 19.8 Å². The van der Waals surface area contributed by atoms with Crippen molar-refractivity contribution in [3.05, 3.63) is 47.5 Å². The Hall–Kier alpha value is -3.35. The van der Waals surface area contributed by atoms with Crippen molar-refractivity contribution in [1.29, 1.82) is 0 Å². The largest absolute Gasteiger partial charge is 0.444 e. The minimum atomic E-state index is -0.619. The molecule has 1 aliphatic heterocycles. The number of ether oxygens (including phenoxy) is 1. The van der Waals surface area contributed by atoms with E-state index >= 15 is 0 Å². The maximum Gasteiger partial charge on any atom is 0.412 e. The van der Waals surface area contributed by atoms with E-state index in [0.717, 1.165) is 36.9 Å². The lowest BCUT2D eigenvalue weighted by molar-refractivity contribution is -0.124. The molecule has 0 saturated heterocycles. The highest BCUT2D eigenvalue weighted by Crippen LogP contribution is 2.41. The molecule has 7 heteroatoms. The summed E-state index contributed by atoms with van der Waals surface area (Å²) < 4.78 is 5.32. The summed E-state index contributed by atoms with van der Waals surface area (Å²) in [5, 5.41) is 5.67. The monoisotopic (exact) mass is 421 g/mol. The molecule has 3 amide bonds. The molecule has 2 aromatic carbocycles. The van der Waals surface area contributed by atoms with Gasteiger partial charge in [0.25, 0.3) is 0 Å². The minimum absolute atomic E-state index is 0.243. The number of amides is 3. The van der Waals surface area contributed by atoms with Gasteiger partial charge in [0, 0.05) is 5.69 Å². The van der Waals surface area contributed by atoms with Crippen molar-refractivity contribution in [1.82, 2.24) is 0 Å². The van der Waals surface area contributed by atoms with E-state index in [4.69, 9.17) is 4.74 Å². The summed E-state index contributed by atoms with van der Waals surface area (Å²) in [6.45, 7) is 5.38. The van der Waals surface area contributed by atoms with E-state index in [1.165, 1.54) is 5.56 Å². The van der Waals surface area contributed by atoms with Gasteiger partial charge in [0.1, 0.15) is 12.0 Å². The number of nitrogens with zero attached hydrogens (tertiary/aromatic N) is 1. The quantitative estimate of drug-likeness (QED) is 0.674. The molecule has 0 aromatic heterocycles. The van der Waals surface area contributed by atoms with Crippen LogP contribution in [-0.2, 0) is 27.2 Å². The average Bonchev–Trinajstić information content (AvgIpc) is 2.81. The van der Waals surface area contributed by atoms with Gasteiger partial charge in [-0.1, -0.05) is 12.1 Å². The predicted octanol–water partition coefficient (Wildman–Crippen LogP) is 4.92. The Kier molecular flexibility index (Phi) is 5.43. The summed E-state index contributed by atoms with van der Waals surface area (Å²) in [5.41, 5.74) is 4.17. The Morgan fingerprint density at radius 3 is 2.65 bits per heavy atom. The van der Waals surface area contributed by atoms with Gasteiger partial charge in [0.2, 0.25) is 11.8 Å². The molecule has 1 aliphatic carbocycles. The van der Waals surface area contributed by atoms with Gasteiger partial charge in [-0.05, 0) is 81.8 Å². The predicted molar refractivity (Wildman–Crippen MR) is 120 cm³/mol. The average molecular weight is 421 g/mol. The number of carbonyl (C=O) groups excluding carboxylic acids is 3. The third-order valence-electron chi connectivity index (χ3n) is 5.33. The molecule has 2 aromatic rings. The molecule has 0 radical (unpaired) electrons. The number of carbonyl (C=O) groups is 3. The van der Waals surface area contributed by atoms with E-state index in [1.807, 2.05) is 12.1 Å². The van der Waals surface area contributed by atoms with Crippen molar-refractivity contribution in [2.24, 2.45) is 0 Å². The lowest BCUT2D eigenvalue weighted by Gasteiger charge is -2.27. The van der Waals surface area contributed by atoms with Crippen LogP contribution in [-0.4, -0.2) is 23.5 Å². The number of hydrogen-bond acceptors (Lipinski definition) is 4. The zero-order valence-electron chi connectivity index (χ0n) is 18.1. The van der Waals surface area contributed by atoms with Crippen molar-refractivity contribution in [3.63, 3.8) is 0 Å². The highest BCUT2D eigenvalue weighted by Gasteiger charge is 2.30. The van der Waals surface area contributed by atoms with E-state index in [-0.39, 0.29) is 18.2 Å². The Labute approximate surface area is 181 Å². The van der Waals surface area contributed by atoms with Crippen LogP contribution in [0.15, 0.2) is 36.4 Å². The highest BCUT2D eigenvalue weighted by molar-refractivity contribution is 6.18. The standard InChI is InChI=1S/C24H27N3O4/c1-24(2,3)31-23(30)25-16-8-6-9-17(13-16)27-19-12-11-15-7-4-5-10-18(15)22(19)26-20(28)14-21(27)29/h6,8-9,11-13H,4-5,7,10,14H2,1-3H3,(H,25,30)(H,26,28). The Morgan fingerprint density at radius 2 is 1.87 bits per heavy atom. The van der Waals surface area contributed by atoms with Crippen molar-refractivity contribution in [3.8, 4) is 0 Å². The zero-order chi connectivity index (χ0) is 22.2. The molecule has 162 valence electrons. The number of benzene rings is 2. The first kappa shape index (κ1) is 20.9. The van der Waals surface area contributed by atoms with E-state index in [0.29, 0.717) is 17.1 Å². The molecular formula is C24H27N3O4. The molecule has 2 N–H and O–H groups in total. The number of rotatable bonds is 2. The number of nitrogens with one attached hydrogen (secondary N) is 2. The van der Waals surface area contributed by atoms with Crippen LogP contribution in [0, 0.1) is 0 Å². The zero-order valence-corrected chi connectivity index (χ0v) is 18.1. The van der Waals surface area contributed by atoms with Crippen LogP contribution < -0.4 is 15.5 Å². The van der Waals surface area contributed by atoms with Gasteiger partial charge in [-0.25, -0.2) is 4.79 Å². The van der Waals surface area contributed by atoms with Gasteiger partial charge >= 0.3 is 6.09 Å². The van der Waals surface area contributed by atoms with Crippen molar-refractivity contribution in [2.45, 2.75) is 58.5 Å². The molecule has 31 heavy (non-hydrogen) atoms. The second-order valence-corrected chi connectivity index (χ2v) is 8.94. The second-order valence-electron chi connectivity index (χ2n) is 8.94. The summed E-state index contributed by atoms with van der Waals surface area (Å²) in [6, 6.07) is 10.9. The number of fused-ring (bicyclic) bond motifs is 3. The molecule has 0 atom stereocenters. The normalized spacial score (nSPS) is 16.0. The maximum absolute atomic E-state index is 13.0. The first-order valence-corrected chi connectivity index (χ1v) is 10.6. The molecule has 0 saturated carbocycles. The fraction of sp³-hybridized carbons (Fsp3) is 0.375. The molecule has 1 heterocycles. The third kappa shape index (κ3) is 4.55. The van der Waals surface area contributed by atoms with Crippen molar-refractivity contribution in [2.75, 3.05) is 15.5 Å². The van der Waals surface area contributed by atoms with Crippen LogP contribution in [0.2, 0.25) is 0 Å². The van der Waals surface area contributed by atoms with Crippen molar-refractivity contribution >= 4 is 40.7 Å². The number of anilines is 4. The molecule has 7 nitrogen and oxygen atoms in total. The van der Waals surface area contributed by atoms with E-state index in [1.54, 1.807) is 49.9 Å². The van der Waals surface area contributed by atoms with Crippen LogP contribution in [0.5, 0.6) is 0 Å². The van der Waals surface area contributed by atoms with E-state index in [2.05, 4.69) is 10.6 Å². The van der Waals surface area contributed by atoms with Crippen molar-refractivity contribution < 1.29 is 19.1 Å². The summed E-state index contributed by atoms with van der Waals surface area (Å²) in [5.74, 6) is -0.628. The van der Waals surface area contributed by atoms with Crippen LogP contribution in [0.25, 0.3) is 0 Å². The van der Waals surface area contributed by atoms with Crippen LogP contribution in [0.1, 0.15) is 51.2 Å². The number of hydrogen-bond donors (Lipinski definition) is 2. The smallest absolute Gasteiger partial charge is 0.412 e. The summed E-state index contributed by atoms with van der Waals surface area (Å²) in [4.78, 5) is 39.2. The summed E-state index contributed by atoms with van der Waals surface area (Å²) in [6.07, 6.45) is 3.22. The summed E-state index contributed by atoms with van der Waals surface area (Å²) >= 11 is 0. The Morgan fingerprint density at radius 1 is 1.10 bits per heavy atom. The SMILES string of the molecule is CC(C)(C)OC(=O)Nc1cccc(N2C(=O)CC(=O)Nc3c2ccc2c3CCCC2)c1. The van der Waals surface area contributed by atoms with Gasteiger partial charge in [0.05, 0.1) is 17.1 Å². The topological polar surface area (TPSA) is 87.7 Å². The number of aryl methyl sites for hydroxylation is 1. The van der Waals surface area contributed by atoms with Gasteiger partial charge < -0.3 is 10.1 Å². The maximum atomic E-state index is 13.0. The molecule has 4 rings (SSSR count). The molecule has 0 spiro atoms. The fourth-order valence-electron chi connectivity index (χ4n) is 4.10. The van der Waals surface area contributed by atoms with Gasteiger partial charge in [0.15, 0.2) is 0 Å². The minimum Gasteiger partial charge on any atom is -0.444 e. The summed E-state index contributed by atoms with van der Waals surface area (Å²) in [7, 11) is 0. The van der Waals surface area contributed by atoms with Crippen LogP contribution in [0.4, 0.5) is 27.5 Å².